The molecule has 1 N–H and O–H groups in total. The molecular formula is C24H17Cl3N2O4. The molecule has 1 saturated heterocycles. The minimum Gasteiger partial charge on any atom is -0.507 e. The predicted molar refractivity (Wildman–Crippen MR) is 127 cm³/mol. The van der Waals surface area contributed by atoms with E-state index in [0.29, 0.717) is 21.9 Å². The molecule has 0 saturated carbocycles. The van der Waals surface area contributed by atoms with E-state index in [1.807, 2.05) is 0 Å². The van der Waals surface area contributed by atoms with Gasteiger partial charge in [-0.3, -0.25) is 14.6 Å². The van der Waals surface area contributed by atoms with Crippen LogP contribution in [0, 0.1) is 0 Å². The molecule has 1 aliphatic heterocycles. The number of hydrogen-bond donors (Lipinski definition) is 1. The fraction of sp³-hybridized carbons (Fsp3) is 0.125. The summed E-state index contributed by atoms with van der Waals surface area (Å²) in [4.78, 5) is 31.7. The van der Waals surface area contributed by atoms with Crippen LogP contribution in [0.25, 0.3) is 5.76 Å². The second kappa shape index (κ2) is 9.43. The number of carbonyl (C=O) groups excluding carboxylic acids is 2. The maximum Gasteiger partial charge on any atom is 0.295 e. The lowest BCUT2D eigenvalue weighted by molar-refractivity contribution is -0.140. The third kappa shape index (κ3) is 4.42. The van der Waals surface area contributed by atoms with E-state index >= 15 is 0 Å². The van der Waals surface area contributed by atoms with Crippen molar-refractivity contribution in [2.24, 2.45) is 0 Å². The molecule has 9 heteroatoms. The molecule has 0 radical (unpaired) electrons. The zero-order valence-corrected chi connectivity index (χ0v) is 19.5. The summed E-state index contributed by atoms with van der Waals surface area (Å²) in [5.74, 6) is -1.60. The molecule has 0 aliphatic carbocycles. The zero-order chi connectivity index (χ0) is 23.7. The topological polar surface area (TPSA) is 79.7 Å². The largest absolute Gasteiger partial charge is 0.507 e. The normalized spacial score (nSPS) is 17.5. The van der Waals surface area contributed by atoms with Gasteiger partial charge in [-0.25, -0.2) is 0 Å². The minimum atomic E-state index is -0.928. The molecule has 1 aromatic heterocycles. The van der Waals surface area contributed by atoms with Crippen LogP contribution in [0.5, 0.6) is 5.75 Å². The van der Waals surface area contributed by atoms with Crippen molar-refractivity contribution in [3.63, 3.8) is 0 Å². The molecular weight excluding hydrogens is 487 g/mol. The fourth-order valence-electron chi connectivity index (χ4n) is 3.72. The summed E-state index contributed by atoms with van der Waals surface area (Å²) in [5.41, 5.74) is 1.27. The van der Waals surface area contributed by atoms with Crippen LogP contribution >= 0.6 is 34.8 Å². The highest BCUT2D eigenvalue weighted by Gasteiger charge is 2.46. The van der Waals surface area contributed by atoms with Crippen LogP contribution in [0.15, 0.2) is 66.5 Å². The molecule has 2 aromatic carbocycles. The Morgan fingerprint density at radius 2 is 1.82 bits per heavy atom. The van der Waals surface area contributed by atoms with E-state index < -0.39 is 23.5 Å². The second-order valence-electron chi connectivity index (χ2n) is 7.31. The van der Waals surface area contributed by atoms with Crippen molar-refractivity contribution in [3.05, 3.63) is 98.3 Å². The molecule has 2 heterocycles. The summed E-state index contributed by atoms with van der Waals surface area (Å²) < 4.78 is 5.22. The first kappa shape index (κ1) is 23.1. The number of ketones is 1. The van der Waals surface area contributed by atoms with Crippen molar-refractivity contribution >= 4 is 52.3 Å². The van der Waals surface area contributed by atoms with Crippen LogP contribution < -0.4 is 4.74 Å². The number of rotatable bonds is 5. The van der Waals surface area contributed by atoms with Crippen LogP contribution in [-0.2, 0) is 16.1 Å². The summed E-state index contributed by atoms with van der Waals surface area (Å²) >= 11 is 18.6. The van der Waals surface area contributed by atoms with Crippen LogP contribution in [0.1, 0.15) is 22.7 Å². The van der Waals surface area contributed by atoms with Crippen LogP contribution in [0.4, 0.5) is 0 Å². The molecule has 1 aliphatic rings. The third-order valence-electron chi connectivity index (χ3n) is 5.30. The number of methoxy groups -OCH3 is 1. The summed E-state index contributed by atoms with van der Waals surface area (Å²) in [5, 5.41) is 12.0. The van der Waals surface area contributed by atoms with Gasteiger partial charge in [0.15, 0.2) is 0 Å². The molecule has 0 spiro atoms. The van der Waals surface area contributed by atoms with E-state index in [-0.39, 0.29) is 27.7 Å². The number of aromatic nitrogens is 1. The van der Waals surface area contributed by atoms with Gasteiger partial charge in [0.1, 0.15) is 11.5 Å². The van der Waals surface area contributed by atoms with Gasteiger partial charge in [0.2, 0.25) is 0 Å². The molecule has 168 valence electrons. The van der Waals surface area contributed by atoms with Crippen molar-refractivity contribution in [3.8, 4) is 5.75 Å². The molecule has 3 aromatic rings. The van der Waals surface area contributed by atoms with Crippen molar-refractivity contribution in [1.29, 1.82) is 0 Å². The molecule has 1 amide bonds. The number of nitrogens with zero attached hydrogens (tertiary/aromatic N) is 2. The highest BCUT2D eigenvalue weighted by atomic mass is 35.5. The van der Waals surface area contributed by atoms with Gasteiger partial charge in [-0.2, -0.15) is 0 Å². The smallest absolute Gasteiger partial charge is 0.295 e. The average Bonchev–Trinajstić information content (AvgIpc) is 3.06. The van der Waals surface area contributed by atoms with E-state index in [0.717, 1.165) is 0 Å². The Bertz CT molecular complexity index is 1280. The van der Waals surface area contributed by atoms with Crippen molar-refractivity contribution in [1.82, 2.24) is 9.88 Å². The van der Waals surface area contributed by atoms with Crippen molar-refractivity contribution in [2.75, 3.05) is 7.11 Å². The Labute approximate surface area is 205 Å². The Balaban J connectivity index is 1.92. The van der Waals surface area contributed by atoms with Crippen molar-refractivity contribution in [2.45, 2.75) is 12.6 Å². The van der Waals surface area contributed by atoms with E-state index in [1.54, 1.807) is 48.8 Å². The van der Waals surface area contributed by atoms with Gasteiger partial charge in [-0.15, -0.1) is 0 Å². The third-order valence-corrected chi connectivity index (χ3v) is 6.37. The number of pyridine rings is 1. The van der Waals surface area contributed by atoms with Crippen molar-refractivity contribution < 1.29 is 19.4 Å². The fourth-order valence-corrected chi connectivity index (χ4v) is 4.23. The maximum absolute atomic E-state index is 13.2. The second-order valence-corrected chi connectivity index (χ2v) is 8.53. The van der Waals surface area contributed by atoms with E-state index in [2.05, 4.69) is 4.98 Å². The van der Waals surface area contributed by atoms with Gasteiger partial charge in [0, 0.05) is 24.5 Å². The van der Waals surface area contributed by atoms with E-state index in [9.17, 15) is 14.7 Å². The summed E-state index contributed by atoms with van der Waals surface area (Å²) in [7, 11) is 1.47. The number of Topliss-reactive ketones (excluding diaryl/α,β-unsaturated/α-hetero) is 1. The van der Waals surface area contributed by atoms with Gasteiger partial charge < -0.3 is 14.7 Å². The lowest BCUT2D eigenvalue weighted by Crippen LogP contribution is -2.29. The molecule has 1 fully saturated rings. The predicted octanol–water partition coefficient (Wildman–Crippen LogP) is 5.67. The molecule has 0 bridgehead atoms. The number of benzene rings is 2. The first-order valence-corrected chi connectivity index (χ1v) is 10.9. The van der Waals surface area contributed by atoms with E-state index in [1.165, 1.54) is 24.1 Å². The summed E-state index contributed by atoms with van der Waals surface area (Å²) in [6.07, 6.45) is 3.21. The molecule has 4 rings (SSSR count). The number of hydrogen-bond acceptors (Lipinski definition) is 5. The Hall–Kier alpha value is -3.06. The first-order valence-electron chi connectivity index (χ1n) is 9.78. The van der Waals surface area contributed by atoms with Gasteiger partial charge in [0.05, 0.1) is 33.8 Å². The van der Waals surface area contributed by atoms with E-state index in [4.69, 9.17) is 39.5 Å². The molecule has 1 atom stereocenters. The van der Waals surface area contributed by atoms with Crippen LogP contribution in [-0.4, -0.2) is 33.8 Å². The summed E-state index contributed by atoms with van der Waals surface area (Å²) in [6.45, 7) is 0.0892. The van der Waals surface area contributed by atoms with Gasteiger partial charge in [-0.1, -0.05) is 46.9 Å². The molecule has 6 nitrogen and oxygen atoms in total. The SMILES string of the molecule is COc1ccc(Cl)c(/C(O)=C2\C(=O)C(=O)N(Cc3cccnc3)C2c2ccc(Cl)c(Cl)c2)c1. The number of aliphatic hydroxyl groups excluding tert-OH is 1. The number of aliphatic hydroxyl groups is 1. The number of halogens is 3. The molecule has 33 heavy (non-hydrogen) atoms. The Kier molecular flexibility index (Phi) is 6.61. The maximum atomic E-state index is 13.2. The summed E-state index contributed by atoms with van der Waals surface area (Å²) in [6, 6.07) is 12.0. The lowest BCUT2D eigenvalue weighted by Gasteiger charge is -2.25. The zero-order valence-electron chi connectivity index (χ0n) is 17.3. The van der Waals surface area contributed by atoms with Crippen LogP contribution in [0.2, 0.25) is 15.1 Å². The first-order chi connectivity index (χ1) is 15.8. The number of ether oxygens (including phenoxy) is 1. The van der Waals surface area contributed by atoms with Gasteiger partial charge in [-0.05, 0) is 47.5 Å². The monoisotopic (exact) mass is 502 g/mol. The highest BCUT2D eigenvalue weighted by Crippen LogP contribution is 2.43. The average molecular weight is 504 g/mol. The number of likely N-dealkylation sites (tertiary alicyclic amines) is 1. The minimum absolute atomic E-state index is 0.0892. The lowest BCUT2D eigenvalue weighted by atomic mass is 9.95. The van der Waals surface area contributed by atoms with Crippen LogP contribution in [0.3, 0.4) is 0 Å². The number of carbonyl (C=O) groups is 2. The molecule has 1 unspecified atom stereocenters. The Morgan fingerprint density at radius 3 is 2.48 bits per heavy atom. The highest BCUT2D eigenvalue weighted by molar-refractivity contribution is 6.47. The Morgan fingerprint density at radius 1 is 1.06 bits per heavy atom. The number of amides is 1. The van der Waals surface area contributed by atoms with Gasteiger partial charge in [0.25, 0.3) is 11.7 Å². The van der Waals surface area contributed by atoms with Gasteiger partial charge >= 0.3 is 0 Å². The standard InChI is InChI=1S/C24H17Cl3N2O4/c1-33-15-5-7-17(25)16(10-15)22(30)20-21(14-4-6-18(26)19(27)9-14)29(24(32)23(20)31)12-13-3-2-8-28-11-13/h2-11,21,30H,12H2,1H3/b22-20+. The quantitative estimate of drug-likeness (QED) is 0.276.